The van der Waals surface area contributed by atoms with Gasteiger partial charge in [-0.2, -0.15) is 0 Å². The van der Waals surface area contributed by atoms with E-state index in [1.165, 1.54) is 12.1 Å². The summed E-state index contributed by atoms with van der Waals surface area (Å²) in [6.45, 7) is 1.75. The number of fused-ring (bicyclic) bond motifs is 1. The van der Waals surface area contributed by atoms with E-state index in [9.17, 15) is 9.18 Å². The Labute approximate surface area is 223 Å². The van der Waals surface area contributed by atoms with Crippen LogP contribution in [-0.2, 0) is 23.5 Å². The molecule has 0 aliphatic carbocycles. The van der Waals surface area contributed by atoms with Crippen molar-refractivity contribution in [2.45, 2.75) is 31.6 Å². The Hall–Kier alpha value is -2.98. The number of hydrogen-bond donors (Lipinski definition) is 1. The zero-order valence-corrected chi connectivity index (χ0v) is 22.3. The number of rotatable bonds is 9. The summed E-state index contributed by atoms with van der Waals surface area (Å²) in [6, 6.07) is 17.7. The predicted molar refractivity (Wildman–Crippen MR) is 145 cm³/mol. The van der Waals surface area contributed by atoms with Crippen molar-refractivity contribution < 1.29 is 13.9 Å². The number of carbonyl (C=O) groups excluding carboxylic acids is 1. The number of benzene rings is 3. The topological polar surface area (TPSA) is 90.3 Å². The summed E-state index contributed by atoms with van der Waals surface area (Å²) >= 11 is 2.04. The quantitative estimate of drug-likeness (QED) is 0.134. The summed E-state index contributed by atoms with van der Waals surface area (Å²) in [5.41, 5.74) is 13.1. The number of hydrogen-bond acceptors (Lipinski definition) is 4. The van der Waals surface area contributed by atoms with E-state index in [2.05, 4.69) is 32.4 Å². The Balaban J connectivity index is 1.52. The largest absolute Gasteiger partial charge is 0.361 e. The van der Waals surface area contributed by atoms with Crippen LogP contribution in [0.3, 0.4) is 0 Å². The first-order valence-electron chi connectivity index (χ1n) is 11.6. The van der Waals surface area contributed by atoms with Gasteiger partial charge in [0.2, 0.25) is 0 Å². The van der Waals surface area contributed by atoms with Gasteiger partial charge in [0.05, 0.1) is 12.3 Å². The predicted octanol–water partition coefficient (Wildman–Crippen LogP) is 6.42. The minimum atomic E-state index is -0.620. The van der Waals surface area contributed by atoms with E-state index < -0.39 is 5.60 Å². The monoisotopic (exact) mass is 597 g/mol. The maximum Gasteiger partial charge on any atom is 0.251 e. The first kappa shape index (κ1) is 26.1. The van der Waals surface area contributed by atoms with Crippen LogP contribution in [0.2, 0.25) is 0 Å². The lowest BCUT2D eigenvalue weighted by Crippen LogP contribution is -2.28. The highest BCUT2D eigenvalue weighted by atomic mass is 125. The lowest BCUT2D eigenvalue weighted by Gasteiger charge is -2.31. The molecule has 3 aromatic rings. The zero-order chi connectivity index (χ0) is 25.7. The fraction of sp³-hybridized carbons (Fsp3) is 0.296. The molecule has 1 heterocycles. The summed E-state index contributed by atoms with van der Waals surface area (Å²) in [6.07, 6.45) is 1.71. The lowest BCUT2D eigenvalue weighted by atomic mass is 9.81. The minimum Gasteiger partial charge on any atom is -0.361 e. The number of azide groups is 1. The third kappa shape index (κ3) is 5.70. The summed E-state index contributed by atoms with van der Waals surface area (Å²) < 4.78 is 20.8. The molecule has 36 heavy (non-hydrogen) atoms. The second-order valence-electron chi connectivity index (χ2n) is 9.06. The Bertz CT molecular complexity index is 1310. The fourth-order valence-electron chi connectivity index (χ4n) is 4.56. The zero-order valence-electron chi connectivity index (χ0n) is 20.2. The van der Waals surface area contributed by atoms with Gasteiger partial charge in [-0.05, 0) is 108 Å². The van der Waals surface area contributed by atoms with Gasteiger partial charge in [0.25, 0.3) is 5.91 Å². The van der Waals surface area contributed by atoms with Crippen molar-refractivity contribution in [3.8, 4) is 0 Å². The van der Waals surface area contributed by atoms with Crippen molar-refractivity contribution in [1.82, 2.24) is 10.2 Å². The van der Waals surface area contributed by atoms with Gasteiger partial charge in [-0.1, -0.05) is 41.5 Å². The maximum absolute atomic E-state index is 13.7. The third-order valence-electron chi connectivity index (χ3n) is 6.34. The van der Waals surface area contributed by atoms with E-state index in [1.807, 2.05) is 54.9 Å². The molecule has 1 aliphatic heterocycles. The highest BCUT2D eigenvalue weighted by molar-refractivity contribution is 14.1. The number of nitrogens with one attached hydrogen (secondary N) is 1. The third-order valence-corrected chi connectivity index (χ3v) is 7.20. The van der Waals surface area contributed by atoms with Crippen LogP contribution in [-0.4, -0.2) is 31.4 Å². The molecule has 1 atom stereocenters. The maximum atomic E-state index is 13.7. The fourth-order valence-corrected chi connectivity index (χ4v) is 5.19. The first-order chi connectivity index (χ1) is 17.3. The number of nitrogens with zero attached hydrogens (tertiary/aromatic N) is 4. The highest BCUT2D eigenvalue weighted by Crippen LogP contribution is 2.45. The van der Waals surface area contributed by atoms with E-state index in [4.69, 9.17) is 10.3 Å². The smallest absolute Gasteiger partial charge is 0.251 e. The molecule has 186 valence electrons. The molecule has 0 spiro atoms. The van der Waals surface area contributed by atoms with E-state index in [1.54, 1.807) is 18.2 Å². The molecule has 0 radical (unpaired) electrons. The van der Waals surface area contributed by atoms with Crippen molar-refractivity contribution in [2.75, 3.05) is 20.6 Å². The number of halogens is 2. The Morgan fingerprint density at radius 3 is 2.67 bits per heavy atom. The summed E-state index contributed by atoms with van der Waals surface area (Å²) in [4.78, 5) is 17.6. The Morgan fingerprint density at radius 2 is 1.97 bits per heavy atom. The van der Waals surface area contributed by atoms with Gasteiger partial charge in [-0.25, -0.2) is 4.39 Å². The molecular weight excluding hydrogens is 570 g/mol. The highest BCUT2D eigenvalue weighted by Gasteiger charge is 2.41. The standard InChI is InChI=1S/C27H27FIN5O2/c1-34(2)13-3-12-27(21-6-8-22(28)9-7-21)23-10-4-18(14-20(23)17-36-27)16-31-26(35)19-5-11-25(32-33-30)24(29)15-19/h4-11,14-15H,3,12-13,16-17H2,1-2H3,(H,31,35)/t27-/m0/s1/i29-2. The van der Waals surface area contributed by atoms with Crippen LogP contribution in [0.25, 0.3) is 10.4 Å². The normalized spacial score (nSPS) is 16.5. The van der Waals surface area contributed by atoms with Gasteiger partial charge in [0.1, 0.15) is 11.4 Å². The second kappa shape index (κ2) is 11.4. The summed E-state index contributed by atoms with van der Waals surface area (Å²) in [5.74, 6) is -0.477. The van der Waals surface area contributed by atoms with Crippen LogP contribution in [0.5, 0.6) is 0 Å². The van der Waals surface area contributed by atoms with E-state index in [0.29, 0.717) is 28.0 Å². The molecular formula is C27H27FIN5O2. The van der Waals surface area contributed by atoms with Crippen molar-refractivity contribution in [2.24, 2.45) is 5.11 Å². The molecule has 0 bridgehead atoms. The molecule has 0 saturated carbocycles. The van der Waals surface area contributed by atoms with Crippen LogP contribution in [0.4, 0.5) is 10.1 Å². The average Bonchev–Trinajstić information content (AvgIpc) is 3.23. The van der Waals surface area contributed by atoms with Crippen molar-refractivity contribution in [1.29, 1.82) is 0 Å². The molecule has 0 saturated heterocycles. The average molecular weight is 597 g/mol. The molecule has 0 fully saturated rings. The lowest BCUT2D eigenvalue weighted by molar-refractivity contribution is -0.0140. The molecule has 7 nitrogen and oxygen atoms in total. The number of amides is 1. The van der Waals surface area contributed by atoms with Crippen LogP contribution in [0.1, 0.15) is 45.5 Å². The van der Waals surface area contributed by atoms with Crippen LogP contribution in [0.15, 0.2) is 65.8 Å². The summed E-state index contributed by atoms with van der Waals surface area (Å²) in [5, 5.41) is 6.56. The molecule has 1 aliphatic rings. The summed E-state index contributed by atoms with van der Waals surface area (Å²) in [7, 11) is 4.09. The first-order valence-corrected chi connectivity index (χ1v) is 12.7. The van der Waals surface area contributed by atoms with Crippen LogP contribution >= 0.6 is 22.6 Å². The number of carbonyl (C=O) groups is 1. The van der Waals surface area contributed by atoms with E-state index in [0.717, 1.165) is 41.6 Å². The molecule has 1 amide bonds. The van der Waals surface area contributed by atoms with E-state index in [-0.39, 0.29) is 11.7 Å². The van der Waals surface area contributed by atoms with E-state index >= 15 is 0 Å². The second-order valence-corrected chi connectivity index (χ2v) is 10.2. The van der Waals surface area contributed by atoms with Gasteiger partial charge in [-0.15, -0.1) is 0 Å². The minimum absolute atomic E-state index is 0.207. The van der Waals surface area contributed by atoms with Gasteiger partial charge in [0.15, 0.2) is 0 Å². The van der Waals surface area contributed by atoms with Crippen LogP contribution in [0, 0.1) is 9.39 Å². The van der Waals surface area contributed by atoms with Crippen molar-refractivity contribution in [3.05, 3.63) is 108 Å². The molecule has 1 N–H and O–H groups in total. The molecule has 0 unspecified atom stereocenters. The van der Waals surface area contributed by atoms with Gasteiger partial charge in [0, 0.05) is 20.6 Å². The Morgan fingerprint density at radius 1 is 1.19 bits per heavy atom. The molecule has 9 heteroatoms. The molecule has 3 aromatic carbocycles. The van der Waals surface area contributed by atoms with Gasteiger partial charge >= 0.3 is 0 Å². The van der Waals surface area contributed by atoms with Gasteiger partial charge < -0.3 is 15.0 Å². The number of ether oxygens (including phenoxy) is 1. The van der Waals surface area contributed by atoms with Crippen LogP contribution < -0.4 is 5.32 Å². The Kier molecular flexibility index (Phi) is 8.25. The molecule has 4 rings (SSSR count). The van der Waals surface area contributed by atoms with Gasteiger partial charge in [-0.3, -0.25) is 4.79 Å². The van der Waals surface area contributed by atoms with Crippen molar-refractivity contribution >= 4 is 34.2 Å². The SMILES string of the molecule is CN(C)CCC[C@@]1(c2ccc(F)cc2)OCc2cc(CNC(=O)c3ccc(N=[N+]=[N-])c([125I])c3)ccc21. The van der Waals surface area contributed by atoms with Crippen molar-refractivity contribution in [3.63, 3.8) is 0 Å². The molecule has 0 aromatic heterocycles.